The Labute approximate surface area is 364 Å². The van der Waals surface area contributed by atoms with Crippen molar-refractivity contribution in [1.29, 1.82) is 0 Å². The Kier molecular flexibility index (Phi) is 15.7. The fourth-order valence-electron chi connectivity index (χ4n) is 7.24. The number of rotatable bonds is 17. The molecule has 0 aliphatic carbocycles. The second-order valence-electron chi connectivity index (χ2n) is 14.8. The Hall–Kier alpha value is -2.94. The highest BCUT2D eigenvalue weighted by Gasteiger charge is 2.11. The van der Waals surface area contributed by atoms with Gasteiger partial charge in [-0.25, -0.2) is 0 Å². The van der Waals surface area contributed by atoms with Gasteiger partial charge in [-0.15, -0.1) is 0 Å². The van der Waals surface area contributed by atoms with Crippen molar-refractivity contribution in [2.24, 2.45) is 0 Å². The molecule has 0 nitrogen and oxygen atoms in total. The van der Waals surface area contributed by atoms with Crippen molar-refractivity contribution in [3.63, 3.8) is 0 Å². The first-order valence-electron chi connectivity index (χ1n) is 19.7. The van der Waals surface area contributed by atoms with E-state index in [1.54, 1.807) is 0 Å². The van der Waals surface area contributed by atoms with E-state index in [1.807, 2.05) is 0 Å². The number of aryl methyl sites for hydroxylation is 12. The second kappa shape index (κ2) is 20.7. The van der Waals surface area contributed by atoms with Gasteiger partial charge in [-0.2, -0.15) is 0 Å². The average molecular weight is 862 g/mol. The van der Waals surface area contributed by atoms with Crippen LogP contribution in [-0.4, -0.2) is 0 Å². The molecule has 0 bridgehead atoms. The zero-order valence-electron chi connectivity index (χ0n) is 32.1. The minimum Gasteiger partial charge on any atom is -0.0840 e. The number of hydrogen-bond acceptors (Lipinski definition) is 0. The van der Waals surface area contributed by atoms with Crippen LogP contribution in [0.3, 0.4) is 0 Å². The van der Waals surface area contributed by atoms with Crippen LogP contribution >= 0.6 is 69.6 Å². The Morgan fingerprint density at radius 1 is 0.250 bits per heavy atom. The Morgan fingerprint density at radius 3 is 0.679 bits per heavy atom. The van der Waals surface area contributed by atoms with Crippen LogP contribution in [0.15, 0.2) is 109 Å². The monoisotopic (exact) mass is 858 g/mol. The zero-order chi connectivity index (χ0) is 39.6. The topological polar surface area (TPSA) is 0 Å². The van der Waals surface area contributed by atoms with Gasteiger partial charge in [0, 0.05) is 30.1 Å². The van der Waals surface area contributed by atoms with Crippen molar-refractivity contribution in [3.8, 4) is 0 Å². The number of hydrogen-bond donors (Lipinski definition) is 0. The molecule has 0 aliphatic rings. The SMILES string of the molecule is CCc1ccc(CCc2ccc(CCc3ccc(CCc4ccc(CCc5ccc(CCc6ccc(CC)c(Cl)c6)c(Cl)c5)c(Cl)c4)c(Cl)c3)c(Cl)c2)c(Cl)c1. The Morgan fingerprint density at radius 2 is 0.464 bits per heavy atom. The maximum absolute atomic E-state index is 6.81. The molecule has 0 radical (unpaired) electrons. The maximum Gasteiger partial charge on any atom is 0.0440 e. The summed E-state index contributed by atoms with van der Waals surface area (Å²) in [5, 5.41) is 4.92. The minimum atomic E-state index is 0.803. The molecular weight excluding hydrogens is 813 g/mol. The van der Waals surface area contributed by atoms with E-state index in [1.165, 1.54) is 44.5 Å². The number of halogens is 6. The van der Waals surface area contributed by atoms with Gasteiger partial charge in [0.25, 0.3) is 0 Å². The van der Waals surface area contributed by atoms with Crippen molar-refractivity contribution in [1.82, 2.24) is 0 Å². The quantitative estimate of drug-likeness (QED) is 0.0857. The van der Waals surface area contributed by atoms with E-state index in [2.05, 4.69) is 123 Å². The van der Waals surface area contributed by atoms with E-state index in [4.69, 9.17) is 69.6 Å². The summed E-state index contributed by atoms with van der Waals surface area (Å²) in [5.41, 5.74) is 14.3. The van der Waals surface area contributed by atoms with Crippen LogP contribution < -0.4 is 0 Å². The highest BCUT2D eigenvalue weighted by atomic mass is 35.5. The van der Waals surface area contributed by atoms with E-state index in [0.717, 1.165) is 129 Å². The summed E-state index contributed by atoms with van der Waals surface area (Å²) < 4.78 is 0. The summed E-state index contributed by atoms with van der Waals surface area (Å²) in [6.07, 6.45) is 10.7. The van der Waals surface area contributed by atoms with E-state index in [0.29, 0.717) is 0 Å². The summed E-state index contributed by atoms with van der Waals surface area (Å²) >= 11 is 40.0. The van der Waals surface area contributed by atoms with Crippen LogP contribution in [0.1, 0.15) is 80.6 Å². The minimum absolute atomic E-state index is 0.803. The van der Waals surface area contributed by atoms with E-state index in [9.17, 15) is 0 Å². The predicted octanol–water partition coefficient (Wildman–Crippen LogP) is 15.7. The van der Waals surface area contributed by atoms with Gasteiger partial charge in [0.15, 0.2) is 0 Å². The standard InChI is InChI=1S/C50H48Cl6/c1-3-33-5-17-40(46(52)27-33)18-8-35-9-21-42(48(54)29-35)22-12-37-13-25-44(50(56)31-37)26-15-38-14-24-43(49(55)32-38)23-11-36-10-20-41(47(53)30-36)19-7-34-6-16-39(4-2)45(51)28-34/h5-6,9-10,13-14,16-17,20-21,24-25,27-32H,3-4,7-8,11-12,15,18-19,22-23,26H2,1-2H3. The van der Waals surface area contributed by atoms with Gasteiger partial charge >= 0.3 is 0 Å². The normalized spacial score (nSPS) is 11.4. The molecule has 6 heteroatoms. The first-order valence-corrected chi connectivity index (χ1v) is 22.0. The largest absolute Gasteiger partial charge is 0.0840 e. The van der Waals surface area contributed by atoms with Crippen LogP contribution in [-0.2, 0) is 77.0 Å². The summed E-state index contributed by atoms with van der Waals surface area (Å²) in [6.45, 7) is 4.26. The molecule has 6 aromatic carbocycles. The molecule has 0 atom stereocenters. The summed E-state index contributed by atoms with van der Waals surface area (Å²) in [7, 11) is 0. The first-order chi connectivity index (χ1) is 27.1. The summed E-state index contributed by atoms with van der Waals surface area (Å²) in [5.74, 6) is 0. The average Bonchev–Trinajstić information content (AvgIpc) is 3.19. The predicted molar refractivity (Wildman–Crippen MR) is 245 cm³/mol. The third-order valence-electron chi connectivity index (χ3n) is 10.9. The molecule has 0 fully saturated rings. The van der Waals surface area contributed by atoms with Crippen molar-refractivity contribution < 1.29 is 0 Å². The van der Waals surface area contributed by atoms with Crippen molar-refractivity contribution >= 4 is 69.6 Å². The highest BCUT2D eigenvalue weighted by Crippen LogP contribution is 2.28. The van der Waals surface area contributed by atoms with Gasteiger partial charge in [-0.1, -0.05) is 156 Å². The first kappa shape index (κ1) is 42.7. The molecule has 6 aromatic rings. The van der Waals surface area contributed by atoms with Crippen LogP contribution in [0.5, 0.6) is 0 Å². The van der Waals surface area contributed by atoms with Crippen molar-refractivity contribution in [2.45, 2.75) is 90.9 Å². The molecule has 0 aromatic heterocycles. The number of benzene rings is 6. The van der Waals surface area contributed by atoms with Crippen LogP contribution in [0.25, 0.3) is 0 Å². The van der Waals surface area contributed by atoms with Crippen molar-refractivity contribution in [3.05, 3.63) is 206 Å². The molecule has 0 unspecified atom stereocenters. The second-order valence-corrected chi connectivity index (χ2v) is 17.2. The lowest BCUT2D eigenvalue weighted by Gasteiger charge is -2.11. The Bertz CT molecular complexity index is 2270. The molecule has 0 amide bonds. The van der Waals surface area contributed by atoms with Crippen molar-refractivity contribution in [2.75, 3.05) is 0 Å². The molecular formula is C50H48Cl6. The lowest BCUT2D eigenvalue weighted by Crippen LogP contribution is -1.98. The lowest BCUT2D eigenvalue weighted by atomic mass is 9.97. The summed E-state index contributed by atoms with van der Waals surface area (Å²) in [6, 6.07) is 38.5. The molecule has 6 rings (SSSR count). The molecule has 0 saturated heterocycles. The maximum atomic E-state index is 6.81. The van der Waals surface area contributed by atoms with Crippen LogP contribution in [0, 0.1) is 0 Å². The fraction of sp³-hybridized carbons (Fsp3) is 0.280. The molecule has 0 heterocycles. The van der Waals surface area contributed by atoms with Crippen LogP contribution in [0.2, 0.25) is 30.1 Å². The van der Waals surface area contributed by atoms with Crippen LogP contribution in [0.4, 0.5) is 0 Å². The zero-order valence-corrected chi connectivity index (χ0v) is 36.7. The van der Waals surface area contributed by atoms with Gasteiger partial charge < -0.3 is 0 Å². The van der Waals surface area contributed by atoms with Gasteiger partial charge in [0.1, 0.15) is 0 Å². The lowest BCUT2D eigenvalue weighted by molar-refractivity contribution is 0.926. The third kappa shape index (κ3) is 11.8. The molecule has 0 N–H and O–H groups in total. The smallest absolute Gasteiger partial charge is 0.0440 e. The third-order valence-corrected chi connectivity index (χ3v) is 13.0. The van der Waals surface area contributed by atoms with Gasteiger partial charge in [0.05, 0.1) is 0 Å². The van der Waals surface area contributed by atoms with E-state index >= 15 is 0 Å². The fourth-order valence-corrected chi connectivity index (χ4v) is 9.06. The summed E-state index contributed by atoms with van der Waals surface area (Å²) in [4.78, 5) is 0. The molecule has 0 aliphatic heterocycles. The van der Waals surface area contributed by atoms with Gasteiger partial charge in [-0.3, -0.25) is 0 Å². The molecule has 0 spiro atoms. The van der Waals surface area contributed by atoms with E-state index in [-0.39, 0.29) is 0 Å². The molecule has 0 saturated carbocycles. The van der Waals surface area contributed by atoms with E-state index < -0.39 is 0 Å². The Balaban J connectivity index is 0.952. The van der Waals surface area contributed by atoms with Gasteiger partial charge in [-0.05, 0) is 180 Å². The highest BCUT2D eigenvalue weighted by molar-refractivity contribution is 6.33. The molecule has 56 heavy (non-hydrogen) atoms. The van der Waals surface area contributed by atoms with Gasteiger partial charge in [0.2, 0.25) is 0 Å². The molecule has 290 valence electrons.